The molecule has 1 aliphatic rings. The van der Waals surface area contributed by atoms with Crippen molar-refractivity contribution >= 4 is 27.6 Å². The van der Waals surface area contributed by atoms with E-state index >= 15 is 0 Å². The molecule has 0 fully saturated rings. The minimum absolute atomic E-state index is 0.0237. The fourth-order valence-corrected chi connectivity index (χ4v) is 3.94. The monoisotopic (exact) mass is 358 g/mol. The summed E-state index contributed by atoms with van der Waals surface area (Å²) in [5, 5.41) is 9.12. The third kappa shape index (κ3) is 2.61. The second-order valence-electron chi connectivity index (χ2n) is 6.91. The lowest BCUT2D eigenvalue weighted by Crippen LogP contribution is -2.37. The summed E-state index contributed by atoms with van der Waals surface area (Å²) in [4.78, 5) is 30.2. The molecule has 134 valence electrons. The first-order chi connectivity index (χ1) is 13.2. The molecule has 0 atom stereocenters. The Morgan fingerprint density at radius 1 is 1.04 bits per heavy atom. The zero-order chi connectivity index (χ0) is 18.4. The van der Waals surface area contributed by atoms with Crippen molar-refractivity contribution in [2.24, 2.45) is 0 Å². The van der Waals surface area contributed by atoms with Crippen LogP contribution in [-0.2, 0) is 24.2 Å². The second kappa shape index (κ2) is 6.09. The third-order valence-electron chi connectivity index (χ3n) is 5.33. The Hall–Kier alpha value is -3.41. The van der Waals surface area contributed by atoms with E-state index in [4.69, 9.17) is 0 Å². The number of H-pyrrole nitrogens is 2. The fourth-order valence-electron chi connectivity index (χ4n) is 3.94. The van der Waals surface area contributed by atoms with Gasteiger partial charge in [-0.25, -0.2) is 5.10 Å². The van der Waals surface area contributed by atoms with E-state index in [0.717, 1.165) is 17.3 Å². The molecular weight excluding hydrogens is 340 g/mol. The van der Waals surface area contributed by atoms with E-state index in [2.05, 4.69) is 27.3 Å². The summed E-state index contributed by atoms with van der Waals surface area (Å²) in [6.07, 6.45) is 0.991. The maximum absolute atomic E-state index is 12.9. The van der Waals surface area contributed by atoms with Crippen LogP contribution in [0, 0.1) is 0 Å². The van der Waals surface area contributed by atoms with Crippen molar-refractivity contribution in [3.8, 4) is 0 Å². The molecule has 4 aromatic rings. The smallest absolute Gasteiger partial charge is 0.272 e. The number of hydrogen-bond donors (Lipinski definition) is 2. The van der Waals surface area contributed by atoms with Gasteiger partial charge in [0, 0.05) is 47.1 Å². The third-order valence-corrected chi connectivity index (χ3v) is 5.33. The van der Waals surface area contributed by atoms with Gasteiger partial charge in [0.15, 0.2) is 0 Å². The van der Waals surface area contributed by atoms with Crippen molar-refractivity contribution in [3.63, 3.8) is 0 Å². The average Bonchev–Trinajstić information content (AvgIpc) is 3.08. The van der Waals surface area contributed by atoms with Gasteiger partial charge < -0.3 is 9.88 Å². The predicted molar refractivity (Wildman–Crippen MR) is 103 cm³/mol. The number of nitrogens with one attached hydrogen (secondary N) is 2. The van der Waals surface area contributed by atoms with Gasteiger partial charge in [0.05, 0.1) is 17.5 Å². The predicted octanol–water partition coefficient (Wildman–Crippen LogP) is 2.53. The molecule has 5 rings (SSSR count). The first-order valence-electron chi connectivity index (χ1n) is 9.03. The van der Waals surface area contributed by atoms with Crippen LogP contribution in [0.25, 0.3) is 21.7 Å². The van der Waals surface area contributed by atoms with Gasteiger partial charge in [0.2, 0.25) is 5.91 Å². The highest BCUT2D eigenvalue weighted by Gasteiger charge is 2.24. The Morgan fingerprint density at radius 3 is 2.63 bits per heavy atom. The normalized spacial score (nSPS) is 13.9. The number of carbonyl (C=O) groups excluding carboxylic acids is 1. The van der Waals surface area contributed by atoms with Gasteiger partial charge in [-0.1, -0.05) is 36.4 Å². The number of benzene rings is 2. The van der Waals surface area contributed by atoms with Crippen LogP contribution in [0.4, 0.5) is 0 Å². The Morgan fingerprint density at radius 2 is 1.78 bits per heavy atom. The first kappa shape index (κ1) is 15.8. The topological polar surface area (TPSA) is 81.8 Å². The van der Waals surface area contributed by atoms with E-state index < -0.39 is 0 Å². The van der Waals surface area contributed by atoms with Crippen molar-refractivity contribution in [2.45, 2.75) is 19.4 Å². The van der Waals surface area contributed by atoms with Crippen molar-refractivity contribution in [1.82, 2.24) is 20.1 Å². The van der Waals surface area contributed by atoms with Gasteiger partial charge in [-0.05, 0) is 12.1 Å². The maximum Gasteiger partial charge on any atom is 0.272 e. The summed E-state index contributed by atoms with van der Waals surface area (Å²) >= 11 is 0. The maximum atomic E-state index is 12.9. The van der Waals surface area contributed by atoms with Crippen LogP contribution in [0.5, 0.6) is 0 Å². The number of aromatic amines is 2. The first-order valence-corrected chi connectivity index (χ1v) is 9.03. The summed E-state index contributed by atoms with van der Waals surface area (Å²) in [5.74, 6) is 0.0237. The molecule has 0 saturated carbocycles. The lowest BCUT2D eigenvalue weighted by molar-refractivity contribution is -0.131. The molecule has 1 amide bonds. The molecule has 6 nitrogen and oxygen atoms in total. The van der Waals surface area contributed by atoms with E-state index in [-0.39, 0.29) is 17.9 Å². The number of nitrogens with zero attached hydrogens (tertiary/aromatic N) is 2. The molecule has 0 radical (unpaired) electrons. The summed E-state index contributed by atoms with van der Waals surface area (Å²) in [5.41, 5.74) is 3.91. The van der Waals surface area contributed by atoms with Gasteiger partial charge in [-0.2, -0.15) is 5.10 Å². The highest BCUT2D eigenvalue weighted by molar-refractivity contribution is 5.89. The van der Waals surface area contributed by atoms with Gasteiger partial charge >= 0.3 is 0 Å². The minimum atomic E-state index is -0.233. The molecule has 2 aromatic heterocycles. The van der Waals surface area contributed by atoms with Gasteiger partial charge in [-0.3, -0.25) is 9.59 Å². The standard InChI is InChI=1S/C21H18N4O2/c26-20(11-19-13-5-1-2-7-15(13)21(27)24-23-19)25-10-9-18-16(12-25)14-6-3-4-8-17(14)22-18/h1-8,22H,9-12H2,(H,24,27). The second-order valence-corrected chi connectivity index (χ2v) is 6.91. The number of rotatable bonds is 2. The summed E-state index contributed by atoms with van der Waals surface area (Å²) in [6, 6.07) is 15.5. The van der Waals surface area contributed by atoms with E-state index in [0.29, 0.717) is 24.2 Å². The zero-order valence-electron chi connectivity index (χ0n) is 14.7. The SMILES string of the molecule is O=C(Cc1n[nH]c(=O)c2ccccc12)N1CCc2[nH]c3ccccc3c2C1. The molecule has 2 N–H and O–H groups in total. The molecule has 0 saturated heterocycles. The van der Waals surface area contributed by atoms with Crippen LogP contribution in [0.3, 0.4) is 0 Å². The van der Waals surface area contributed by atoms with Crippen molar-refractivity contribution < 1.29 is 4.79 Å². The molecule has 1 aliphatic heterocycles. The molecular formula is C21H18N4O2. The van der Waals surface area contributed by atoms with Crippen LogP contribution in [0.2, 0.25) is 0 Å². The van der Waals surface area contributed by atoms with Gasteiger partial charge in [-0.15, -0.1) is 0 Å². The van der Waals surface area contributed by atoms with Crippen molar-refractivity contribution in [1.29, 1.82) is 0 Å². The quantitative estimate of drug-likeness (QED) is 0.578. The molecule has 0 aliphatic carbocycles. The Labute approximate surface area is 154 Å². The van der Waals surface area contributed by atoms with Crippen LogP contribution in [0.1, 0.15) is 17.0 Å². The molecule has 2 aromatic carbocycles. The number of hydrogen-bond acceptors (Lipinski definition) is 3. The van der Waals surface area contributed by atoms with Crippen LogP contribution in [-0.4, -0.2) is 32.5 Å². The highest BCUT2D eigenvalue weighted by Crippen LogP contribution is 2.28. The van der Waals surface area contributed by atoms with E-state index in [9.17, 15) is 9.59 Å². The number of amides is 1. The largest absolute Gasteiger partial charge is 0.358 e. The van der Waals surface area contributed by atoms with Crippen LogP contribution >= 0.6 is 0 Å². The minimum Gasteiger partial charge on any atom is -0.358 e. The highest BCUT2D eigenvalue weighted by atomic mass is 16.2. The van der Waals surface area contributed by atoms with Crippen LogP contribution in [0.15, 0.2) is 53.3 Å². The lowest BCUT2D eigenvalue weighted by atomic mass is 10.0. The van der Waals surface area contributed by atoms with Gasteiger partial charge in [0.1, 0.15) is 0 Å². The molecule has 0 bridgehead atoms. The number of fused-ring (bicyclic) bond motifs is 4. The van der Waals surface area contributed by atoms with Crippen molar-refractivity contribution in [2.75, 3.05) is 6.54 Å². The average molecular weight is 358 g/mol. The Balaban J connectivity index is 1.44. The summed E-state index contributed by atoms with van der Waals surface area (Å²) < 4.78 is 0. The van der Waals surface area contributed by atoms with E-state index in [1.165, 1.54) is 16.6 Å². The number of aromatic nitrogens is 3. The zero-order valence-corrected chi connectivity index (χ0v) is 14.7. The molecule has 3 heterocycles. The number of para-hydroxylation sites is 1. The van der Waals surface area contributed by atoms with E-state index in [1.807, 2.05) is 35.2 Å². The number of carbonyl (C=O) groups is 1. The Bertz CT molecular complexity index is 1240. The molecule has 0 unspecified atom stereocenters. The summed E-state index contributed by atoms with van der Waals surface area (Å²) in [6.45, 7) is 1.28. The van der Waals surface area contributed by atoms with Crippen molar-refractivity contribution in [3.05, 3.63) is 75.8 Å². The van der Waals surface area contributed by atoms with Gasteiger partial charge in [0.25, 0.3) is 5.56 Å². The molecule has 0 spiro atoms. The fraction of sp³-hybridized carbons (Fsp3) is 0.190. The molecule has 27 heavy (non-hydrogen) atoms. The summed E-state index contributed by atoms with van der Waals surface area (Å²) in [7, 11) is 0. The molecule has 6 heteroatoms. The lowest BCUT2D eigenvalue weighted by Gasteiger charge is -2.27. The Kier molecular flexibility index (Phi) is 3.57. The van der Waals surface area contributed by atoms with Crippen LogP contribution < -0.4 is 5.56 Å². The van der Waals surface area contributed by atoms with E-state index in [1.54, 1.807) is 6.07 Å².